The van der Waals surface area contributed by atoms with E-state index in [1.807, 2.05) is 0 Å². The first kappa shape index (κ1) is 24.2. The molecule has 2 unspecified atom stereocenters. The molecule has 0 amide bonds. The van der Waals surface area contributed by atoms with E-state index in [2.05, 4.69) is 33.4 Å². The highest BCUT2D eigenvalue weighted by atomic mass is 16.4. The van der Waals surface area contributed by atoms with Gasteiger partial charge in [-0.25, -0.2) is 4.79 Å². The quantitative estimate of drug-likeness (QED) is 0.504. The van der Waals surface area contributed by atoms with Crippen LogP contribution in [0.3, 0.4) is 0 Å². The number of hydrogen-bond donors (Lipinski definition) is 2. The molecule has 4 heteroatoms. The number of allylic oxidation sites excluding steroid dienone is 3. The lowest BCUT2D eigenvalue weighted by atomic mass is 9.66. The van der Waals surface area contributed by atoms with Crippen molar-refractivity contribution in [1.29, 1.82) is 0 Å². The molecule has 2 aliphatic rings. The number of hydrogen-bond acceptors (Lipinski definition) is 2. The van der Waals surface area contributed by atoms with Crippen LogP contribution in [0, 0.1) is 22.7 Å². The van der Waals surface area contributed by atoms with Crippen molar-refractivity contribution in [2.24, 2.45) is 22.7 Å². The summed E-state index contributed by atoms with van der Waals surface area (Å²) in [7, 11) is 0. The summed E-state index contributed by atoms with van der Waals surface area (Å²) in [6.45, 7) is 12.6. The molecule has 0 radical (unpaired) electrons. The van der Waals surface area contributed by atoms with Crippen LogP contribution in [-0.4, -0.2) is 22.2 Å². The summed E-state index contributed by atoms with van der Waals surface area (Å²) in [6, 6.07) is 0. The fourth-order valence-electron chi connectivity index (χ4n) is 4.17. The number of rotatable bonds is 7. The van der Waals surface area contributed by atoms with Crippen LogP contribution in [0.4, 0.5) is 0 Å². The van der Waals surface area contributed by atoms with Crippen LogP contribution >= 0.6 is 0 Å². The van der Waals surface area contributed by atoms with E-state index in [-0.39, 0.29) is 12.0 Å². The molecule has 1 fully saturated rings. The summed E-state index contributed by atoms with van der Waals surface area (Å²) >= 11 is 0. The Morgan fingerprint density at radius 1 is 1.29 bits per heavy atom. The van der Waals surface area contributed by atoms with Crippen molar-refractivity contribution in [2.45, 2.75) is 79.1 Å². The van der Waals surface area contributed by atoms with Gasteiger partial charge in [0.05, 0.1) is 5.41 Å². The maximum Gasteiger partial charge on any atom is 0.331 e. The average molecular weight is 391 g/mol. The van der Waals surface area contributed by atoms with Gasteiger partial charge in [-0.2, -0.15) is 0 Å². The van der Waals surface area contributed by atoms with Gasteiger partial charge >= 0.3 is 11.9 Å². The van der Waals surface area contributed by atoms with Gasteiger partial charge in [0.2, 0.25) is 0 Å². The normalized spacial score (nSPS) is 30.4. The Morgan fingerprint density at radius 3 is 2.32 bits per heavy atom. The van der Waals surface area contributed by atoms with Crippen LogP contribution in [0.15, 0.2) is 36.5 Å². The SMILES string of the molecule is C=CC1(CC(C)CC)CCC(CC)CC1.CC1(C(=O)O)C=CC=C(C(=O)O)C1. The molecule has 1 saturated carbocycles. The maximum absolute atomic E-state index is 10.8. The standard InChI is InChI=1S/C15H28.C9H10O4/c1-5-13(4)12-15(7-3)10-8-14(6-2)9-11-15;1-9(8(12)13)4-2-3-6(5-9)7(10)11/h7,13-14H,3,5-6,8-12H2,1-2,4H3;2-4H,5H2,1H3,(H,10,11)(H,12,13). The monoisotopic (exact) mass is 390 g/mol. The van der Waals surface area contributed by atoms with Gasteiger partial charge in [-0.15, -0.1) is 6.58 Å². The van der Waals surface area contributed by atoms with E-state index in [0.29, 0.717) is 5.41 Å². The van der Waals surface area contributed by atoms with E-state index in [4.69, 9.17) is 10.2 Å². The lowest BCUT2D eigenvalue weighted by Crippen LogP contribution is -2.28. The van der Waals surface area contributed by atoms with Crippen LogP contribution < -0.4 is 0 Å². The van der Waals surface area contributed by atoms with Crippen molar-refractivity contribution < 1.29 is 19.8 Å². The highest BCUT2D eigenvalue weighted by molar-refractivity contribution is 5.90. The summed E-state index contributed by atoms with van der Waals surface area (Å²) in [4.78, 5) is 21.3. The van der Waals surface area contributed by atoms with E-state index in [1.165, 1.54) is 70.1 Å². The predicted molar refractivity (Wildman–Crippen MR) is 114 cm³/mol. The zero-order chi connectivity index (χ0) is 21.4. The third kappa shape index (κ3) is 6.65. The average Bonchev–Trinajstić information content (AvgIpc) is 2.68. The van der Waals surface area contributed by atoms with E-state index < -0.39 is 17.4 Å². The van der Waals surface area contributed by atoms with E-state index in [1.54, 1.807) is 0 Å². The lowest BCUT2D eigenvalue weighted by molar-refractivity contribution is -0.145. The third-order valence-electron chi connectivity index (χ3n) is 6.65. The van der Waals surface area contributed by atoms with Crippen LogP contribution in [-0.2, 0) is 9.59 Å². The van der Waals surface area contributed by atoms with E-state index in [0.717, 1.165) is 11.8 Å². The first-order chi connectivity index (χ1) is 13.1. The number of carboxylic acids is 2. The van der Waals surface area contributed by atoms with Gasteiger partial charge in [-0.1, -0.05) is 57.9 Å². The van der Waals surface area contributed by atoms with Crippen LogP contribution in [0.25, 0.3) is 0 Å². The fourth-order valence-corrected chi connectivity index (χ4v) is 4.17. The molecule has 2 atom stereocenters. The van der Waals surface area contributed by atoms with E-state index in [9.17, 15) is 9.59 Å². The first-order valence-electron chi connectivity index (χ1n) is 10.6. The van der Waals surface area contributed by atoms with Gasteiger partial charge in [-0.05, 0) is 62.7 Å². The van der Waals surface area contributed by atoms with Gasteiger partial charge in [0.25, 0.3) is 0 Å². The van der Waals surface area contributed by atoms with Crippen LogP contribution in [0.2, 0.25) is 0 Å². The Kier molecular flexibility index (Phi) is 9.19. The largest absolute Gasteiger partial charge is 0.481 e. The molecule has 0 spiro atoms. The highest BCUT2D eigenvalue weighted by Gasteiger charge is 2.34. The van der Waals surface area contributed by atoms with Crippen molar-refractivity contribution >= 4 is 11.9 Å². The minimum Gasteiger partial charge on any atom is -0.481 e. The second-order valence-corrected chi connectivity index (χ2v) is 8.89. The number of aliphatic carboxylic acids is 2. The third-order valence-corrected chi connectivity index (χ3v) is 6.65. The highest BCUT2D eigenvalue weighted by Crippen LogP contribution is 2.45. The molecular formula is C24H38O4. The van der Waals surface area contributed by atoms with Gasteiger partial charge in [-0.3, -0.25) is 4.79 Å². The Balaban J connectivity index is 0.000000283. The Labute approximate surface area is 170 Å². The van der Waals surface area contributed by atoms with Crippen molar-refractivity contribution in [3.8, 4) is 0 Å². The molecule has 0 aromatic rings. The van der Waals surface area contributed by atoms with Gasteiger partial charge in [0.15, 0.2) is 0 Å². The van der Waals surface area contributed by atoms with Crippen LogP contribution in [0.5, 0.6) is 0 Å². The molecule has 28 heavy (non-hydrogen) atoms. The van der Waals surface area contributed by atoms with Gasteiger partial charge in [0, 0.05) is 5.57 Å². The molecule has 2 N–H and O–H groups in total. The Bertz CT molecular complexity index is 608. The molecule has 2 rings (SSSR count). The van der Waals surface area contributed by atoms with Crippen LogP contribution in [0.1, 0.15) is 79.1 Å². The summed E-state index contributed by atoms with van der Waals surface area (Å²) in [5.74, 6) is -0.205. The molecule has 0 saturated heterocycles. The predicted octanol–water partition coefficient (Wildman–Crippen LogP) is 6.24. The Morgan fingerprint density at radius 2 is 1.89 bits per heavy atom. The molecule has 0 heterocycles. The summed E-state index contributed by atoms with van der Waals surface area (Å²) in [5.41, 5.74) is -0.462. The number of carboxylic acid groups (broad SMARTS) is 2. The smallest absolute Gasteiger partial charge is 0.331 e. The Hall–Kier alpha value is -1.84. The molecule has 158 valence electrons. The van der Waals surface area contributed by atoms with Crippen molar-refractivity contribution in [3.05, 3.63) is 36.5 Å². The minimum atomic E-state index is -1.08. The topological polar surface area (TPSA) is 74.6 Å². The molecular weight excluding hydrogens is 352 g/mol. The van der Waals surface area contributed by atoms with Crippen molar-refractivity contribution in [3.63, 3.8) is 0 Å². The lowest BCUT2D eigenvalue weighted by Gasteiger charge is -2.39. The number of carbonyl (C=O) groups is 2. The molecule has 0 aromatic heterocycles. The zero-order valence-electron chi connectivity index (χ0n) is 18.0. The molecule has 4 nitrogen and oxygen atoms in total. The molecule has 0 bridgehead atoms. The fraction of sp³-hybridized carbons (Fsp3) is 0.667. The summed E-state index contributed by atoms with van der Waals surface area (Å²) in [5, 5.41) is 17.5. The summed E-state index contributed by atoms with van der Waals surface area (Å²) in [6.07, 6.45) is 16.4. The molecule has 0 aromatic carbocycles. The minimum absolute atomic E-state index is 0.0359. The van der Waals surface area contributed by atoms with Gasteiger partial charge < -0.3 is 10.2 Å². The molecule has 0 aliphatic heterocycles. The zero-order valence-corrected chi connectivity index (χ0v) is 18.0. The van der Waals surface area contributed by atoms with E-state index >= 15 is 0 Å². The maximum atomic E-state index is 10.8. The van der Waals surface area contributed by atoms with Crippen molar-refractivity contribution in [1.82, 2.24) is 0 Å². The second kappa shape index (κ2) is 10.6. The summed E-state index contributed by atoms with van der Waals surface area (Å²) < 4.78 is 0. The van der Waals surface area contributed by atoms with Crippen molar-refractivity contribution in [2.75, 3.05) is 0 Å². The molecule has 2 aliphatic carbocycles. The first-order valence-corrected chi connectivity index (χ1v) is 10.6. The second-order valence-electron chi connectivity index (χ2n) is 8.89. The van der Waals surface area contributed by atoms with Gasteiger partial charge in [0.1, 0.15) is 0 Å².